The fraction of sp³-hybridized carbons (Fsp3) is 0.111. The molecule has 0 saturated carbocycles. The smallest absolute Gasteiger partial charge is 0.244 e. The first kappa shape index (κ1) is 22.5. The van der Waals surface area contributed by atoms with Crippen LogP contribution in [0, 0.1) is 0 Å². The highest BCUT2D eigenvalue weighted by Crippen LogP contribution is 2.57. The van der Waals surface area contributed by atoms with E-state index in [2.05, 4.69) is 12.1 Å². The van der Waals surface area contributed by atoms with Crippen LogP contribution in [-0.4, -0.2) is 34.9 Å². The summed E-state index contributed by atoms with van der Waals surface area (Å²) in [5, 5.41) is 3.17. The predicted molar refractivity (Wildman–Crippen MR) is 151 cm³/mol. The maximum Gasteiger partial charge on any atom is 0.266 e. The Balaban J connectivity index is 1.59. The third-order valence-electron chi connectivity index (χ3n) is 6.22. The van der Waals surface area contributed by atoms with Crippen molar-refractivity contribution in [1.82, 2.24) is 0 Å². The molecule has 4 aromatic rings. The van der Waals surface area contributed by atoms with Gasteiger partial charge in [0.2, 0.25) is 0 Å². The molecule has 1 aliphatic carbocycles. The number of aliphatic imine (C=N–C) groups is 2. The summed E-state index contributed by atoms with van der Waals surface area (Å²) in [5.74, 6) is 0. The van der Waals surface area contributed by atoms with Crippen molar-refractivity contribution in [2.75, 3.05) is 6.26 Å². The topological polar surface area (TPSA) is 68.1 Å². The molecule has 0 bridgehead atoms. The van der Waals surface area contributed by atoms with Crippen LogP contribution in [0.15, 0.2) is 94.9 Å². The van der Waals surface area contributed by atoms with Crippen LogP contribution < -0.4 is 9.75 Å². The molecular weight excluding hydrogens is 529 g/mol. The molecule has 0 spiro atoms. The van der Waals surface area contributed by atoms with Crippen LogP contribution in [-0.2, 0) is 14.3 Å². The summed E-state index contributed by atoms with van der Waals surface area (Å²) < 4.78 is 33.8. The van der Waals surface area contributed by atoms with Crippen LogP contribution in [0.4, 0.5) is 0 Å². The van der Waals surface area contributed by atoms with Gasteiger partial charge in [0.25, 0.3) is 10.1 Å². The fourth-order valence-electron chi connectivity index (χ4n) is 4.79. The lowest BCUT2D eigenvalue weighted by Crippen LogP contribution is -2.49. The van der Waals surface area contributed by atoms with Gasteiger partial charge in [0.1, 0.15) is 15.3 Å². The number of thiophene rings is 1. The molecule has 7 rings (SSSR count). The van der Waals surface area contributed by atoms with E-state index in [0.29, 0.717) is 5.70 Å². The summed E-state index contributed by atoms with van der Waals surface area (Å²) >= 11 is 4.60. The lowest BCUT2D eigenvalue weighted by molar-refractivity contribution is 0.243. The molecule has 3 aromatic carbocycles. The number of thioether (sulfide) groups is 2. The van der Waals surface area contributed by atoms with Gasteiger partial charge in [-0.05, 0) is 6.07 Å². The summed E-state index contributed by atoms with van der Waals surface area (Å²) in [6.07, 6.45) is 1.11. The maximum atomic E-state index is 12.8. The Kier molecular flexibility index (Phi) is 5.10. The van der Waals surface area contributed by atoms with Crippen LogP contribution in [0.3, 0.4) is 0 Å². The molecule has 0 radical (unpaired) electrons. The molecule has 2 aliphatic heterocycles. The molecule has 1 aromatic heterocycles. The Morgan fingerprint density at radius 2 is 1.47 bits per heavy atom. The molecule has 0 amide bonds. The molecule has 2 atom stereocenters. The van der Waals surface area contributed by atoms with Crippen molar-refractivity contribution in [1.29, 1.82) is 0 Å². The molecule has 2 unspecified atom stereocenters. The van der Waals surface area contributed by atoms with Gasteiger partial charge in [-0.25, -0.2) is 14.2 Å². The minimum Gasteiger partial charge on any atom is -0.244 e. The predicted octanol–water partition coefficient (Wildman–Crippen LogP) is 4.56. The number of fused-ring (bicyclic) bond motifs is 6. The largest absolute Gasteiger partial charge is 0.266 e. The zero-order chi connectivity index (χ0) is 24.5. The van der Waals surface area contributed by atoms with Gasteiger partial charge in [-0.2, -0.15) is 8.42 Å². The van der Waals surface area contributed by atoms with Crippen LogP contribution in [0.1, 0.15) is 11.1 Å². The number of hydrogen-bond donors (Lipinski definition) is 0. The third-order valence-corrected chi connectivity index (χ3v) is 10.9. The fourth-order valence-corrected chi connectivity index (χ4v) is 9.96. The monoisotopic (exact) mass is 546 g/mol. The van der Waals surface area contributed by atoms with E-state index in [1.54, 1.807) is 23.1 Å². The average Bonchev–Trinajstić information content (AvgIpc) is 3.58. The second-order valence-electron chi connectivity index (χ2n) is 8.66. The highest BCUT2D eigenvalue weighted by molar-refractivity contribution is 8.20. The van der Waals surface area contributed by atoms with Gasteiger partial charge in [0.15, 0.2) is 4.93 Å². The molecule has 36 heavy (non-hydrogen) atoms. The van der Waals surface area contributed by atoms with E-state index in [1.165, 1.54) is 11.8 Å². The first-order valence-corrected chi connectivity index (χ1v) is 15.6. The quantitative estimate of drug-likeness (QED) is 0.351. The van der Waals surface area contributed by atoms with E-state index in [-0.39, 0.29) is 5.25 Å². The van der Waals surface area contributed by atoms with E-state index in [0.717, 1.165) is 53.0 Å². The molecule has 3 aliphatic rings. The third kappa shape index (κ3) is 3.45. The highest BCUT2D eigenvalue weighted by Gasteiger charge is 2.58. The first-order valence-electron chi connectivity index (χ1n) is 11.2. The van der Waals surface area contributed by atoms with Crippen molar-refractivity contribution in [3.8, 4) is 0 Å². The van der Waals surface area contributed by atoms with Crippen molar-refractivity contribution in [3.63, 3.8) is 0 Å². The summed E-state index contributed by atoms with van der Waals surface area (Å²) in [6.45, 7) is 0. The van der Waals surface area contributed by atoms with Crippen LogP contribution in [0.2, 0.25) is 0 Å². The first-order chi connectivity index (χ1) is 17.4. The normalized spacial score (nSPS) is 22.8. The zero-order valence-electron chi connectivity index (χ0n) is 18.9. The van der Waals surface area contributed by atoms with E-state index in [9.17, 15) is 8.42 Å². The van der Waals surface area contributed by atoms with E-state index >= 15 is 0 Å². The number of benzene rings is 3. The minimum atomic E-state index is -3.84. The summed E-state index contributed by atoms with van der Waals surface area (Å²) in [7, 11) is -3.84. The molecule has 5 nitrogen and oxygen atoms in total. The van der Waals surface area contributed by atoms with Gasteiger partial charge >= 0.3 is 0 Å². The van der Waals surface area contributed by atoms with Gasteiger partial charge in [0.05, 0.1) is 22.2 Å². The highest BCUT2D eigenvalue weighted by atomic mass is 32.2. The van der Waals surface area contributed by atoms with Crippen LogP contribution >= 0.6 is 34.9 Å². The van der Waals surface area contributed by atoms with Crippen LogP contribution in [0.25, 0.3) is 21.5 Å². The van der Waals surface area contributed by atoms with Gasteiger partial charge in [-0.15, -0.1) is 11.3 Å². The Hall–Kier alpha value is -2.69. The van der Waals surface area contributed by atoms with E-state index in [1.807, 2.05) is 72.8 Å². The minimum absolute atomic E-state index is 0.382. The van der Waals surface area contributed by atoms with Crippen molar-refractivity contribution in [3.05, 3.63) is 106 Å². The SMILES string of the molecule is CS(=O)(=O)OC12SC(c3ccccc3)=NC1=c1c(sc3ccccc13)=C1N=C(c3ccccc3)SC12. The molecule has 0 fully saturated rings. The second kappa shape index (κ2) is 8.16. The zero-order valence-corrected chi connectivity index (χ0v) is 22.2. The Morgan fingerprint density at radius 3 is 2.17 bits per heavy atom. The van der Waals surface area contributed by atoms with Crippen molar-refractivity contribution >= 4 is 76.5 Å². The standard InChI is InChI=1S/C27H18N2O3S4/c1-36(30,31)32-27-23(29-26(35-27)17-12-6-3-7-13-17)20-18-14-8-9-15-19(18)33-22(20)21-24(27)34-25(28-21)16-10-4-2-5-11-16/h2-15,24H,1H3. The van der Waals surface area contributed by atoms with Gasteiger partial charge in [-0.3, -0.25) is 0 Å². The van der Waals surface area contributed by atoms with E-state index in [4.69, 9.17) is 14.2 Å². The van der Waals surface area contributed by atoms with Gasteiger partial charge in [0, 0.05) is 26.4 Å². The Bertz CT molecular complexity index is 1850. The number of rotatable bonds is 4. The Morgan fingerprint density at radius 1 is 0.833 bits per heavy atom. The summed E-state index contributed by atoms with van der Waals surface area (Å²) in [6, 6.07) is 28.0. The second-order valence-corrected chi connectivity index (χ2v) is 13.6. The lowest BCUT2D eigenvalue weighted by atomic mass is 10.0. The molecule has 0 N–H and O–H groups in total. The molecule has 3 heterocycles. The van der Waals surface area contributed by atoms with E-state index < -0.39 is 15.1 Å². The van der Waals surface area contributed by atoms with Gasteiger partial charge < -0.3 is 0 Å². The summed E-state index contributed by atoms with van der Waals surface area (Å²) in [5.41, 5.74) is 3.42. The number of nitrogens with zero attached hydrogens (tertiary/aromatic N) is 2. The van der Waals surface area contributed by atoms with Crippen molar-refractivity contribution < 1.29 is 12.6 Å². The molecule has 178 valence electrons. The van der Waals surface area contributed by atoms with Crippen LogP contribution in [0.5, 0.6) is 0 Å². The lowest BCUT2D eigenvalue weighted by Gasteiger charge is -2.34. The average molecular weight is 547 g/mol. The Labute approximate surface area is 220 Å². The summed E-state index contributed by atoms with van der Waals surface area (Å²) in [4.78, 5) is 8.93. The van der Waals surface area contributed by atoms with Crippen molar-refractivity contribution in [2.24, 2.45) is 9.98 Å². The molecule has 9 heteroatoms. The maximum absolute atomic E-state index is 12.8. The number of hydrogen-bond acceptors (Lipinski definition) is 8. The molecule has 0 saturated heterocycles. The molecular formula is C27H18N2O3S4. The van der Waals surface area contributed by atoms with Crippen molar-refractivity contribution in [2.45, 2.75) is 10.2 Å². The van der Waals surface area contributed by atoms with Gasteiger partial charge in [-0.1, -0.05) is 102 Å².